The lowest BCUT2D eigenvalue weighted by molar-refractivity contribution is -0.133. The van der Waals surface area contributed by atoms with Gasteiger partial charge in [0.25, 0.3) is 5.91 Å². The van der Waals surface area contributed by atoms with Crippen LogP contribution in [0.15, 0.2) is 18.2 Å². The smallest absolute Gasteiger partial charge is 0.256 e. The normalized spacial score (nSPS) is 15.4. The maximum Gasteiger partial charge on any atom is 0.256 e. The first-order valence-corrected chi connectivity index (χ1v) is 6.50. The fourth-order valence-electron chi connectivity index (χ4n) is 2.22. The molecule has 1 saturated heterocycles. The summed E-state index contributed by atoms with van der Waals surface area (Å²) < 4.78 is 0. The van der Waals surface area contributed by atoms with Gasteiger partial charge in [0.05, 0.1) is 5.56 Å². The molecule has 1 aliphatic rings. The Morgan fingerprint density at radius 3 is 2.60 bits per heavy atom. The van der Waals surface area contributed by atoms with E-state index in [1.54, 1.807) is 29.0 Å². The standard InChI is InChI=1S/C14H20N4O2/c1-16(2)12-5-4-10(15)8-11(12)14(20)18-7-6-17(3)13(19)9-18/h4-5,8H,6-7,9,15H2,1-3H3. The van der Waals surface area contributed by atoms with Crippen molar-refractivity contribution in [2.45, 2.75) is 0 Å². The van der Waals surface area contributed by atoms with Crippen molar-refractivity contribution in [2.24, 2.45) is 0 Å². The molecule has 0 saturated carbocycles. The predicted molar refractivity (Wildman–Crippen MR) is 78.7 cm³/mol. The Labute approximate surface area is 118 Å². The van der Waals surface area contributed by atoms with Crippen molar-refractivity contribution < 1.29 is 9.59 Å². The zero-order valence-corrected chi connectivity index (χ0v) is 12.1. The fraction of sp³-hybridized carbons (Fsp3) is 0.429. The van der Waals surface area contributed by atoms with E-state index in [1.165, 1.54) is 0 Å². The van der Waals surface area contributed by atoms with Crippen LogP contribution in [0.2, 0.25) is 0 Å². The van der Waals surface area contributed by atoms with Gasteiger partial charge in [0.1, 0.15) is 6.54 Å². The van der Waals surface area contributed by atoms with Gasteiger partial charge in [0.15, 0.2) is 0 Å². The summed E-state index contributed by atoms with van der Waals surface area (Å²) in [5.41, 5.74) is 7.66. The molecule has 108 valence electrons. The Hall–Kier alpha value is -2.24. The third kappa shape index (κ3) is 2.68. The molecule has 2 N–H and O–H groups in total. The number of anilines is 2. The van der Waals surface area contributed by atoms with E-state index in [9.17, 15) is 9.59 Å². The molecular formula is C14H20N4O2. The van der Waals surface area contributed by atoms with Gasteiger partial charge in [-0.25, -0.2) is 0 Å². The monoisotopic (exact) mass is 276 g/mol. The molecule has 0 unspecified atom stereocenters. The van der Waals surface area contributed by atoms with Gasteiger partial charge in [-0.1, -0.05) is 0 Å². The largest absolute Gasteiger partial charge is 0.399 e. The van der Waals surface area contributed by atoms with Crippen molar-refractivity contribution in [3.8, 4) is 0 Å². The van der Waals surface area contributed by atoms with Crippen molar-refractivity contribution in [1.29, 1.82) is 0 Å². The molecule has 20 heavy (non-hydrogen) atoms. The van der Waals surface area contributed by atoms with Gasteiger partial charge in [0, 0.05) is 45.6 Å². The summed E-state index contributed by atoms with van der Waals surface area (Å²) in [5.74, 6) is -0.192. The summed E-state index contributed by atoms with van der Waals surface area (Å²) in [6.45, 7) is 1.23. The Kier molecular flexibility index (Phi) is 3.83. The van der Waals surface area contributed by atoms with Gasteiger partial charge in [-0.15, -0.1) is 0 Å². The second kappa shape index (κ2) is 5.40. The number of nitrogens with zero attached hydrogens (tertiary/aromatic N) is 3. The first-order chi connectivity index (χ1) is 9.40. The lowest BCUT2D eigenvalue weighted by Gasteiger charge is -2.32. The Bertz CT molecular complexity index is 542. The summed E-state index contributed by atoms with van der Waals surface area (Å²) in [5, 5.41) is 0. The van der Waals surface area contributed by atoms with Crippen LogP contribution in [-0.2, 0) is 4.79 Å². The highest BCUT2D eigenvalue weighted by Gasteiger charge is 2.27. The Morgan fingerprint density at radius 1 is 1.30 bits per heavy atom. The summed E-state index contributed by atoms with van der Waals surface area (Å²) in [6.07, 6.45) is 0. The zero-order valence-electron chi connectivity index (χ0n) is 12.1. The SMILES string of the molecule is CN1CCN(C(=O)c2cc(N)ccc2N(C)C)CC1=O. The summed E-state index contributed by atoms with van der Waals surface area (Å²) in [4.78, 5) is 29.4. The molecule has 2 rings (SSSR count). The topological polar surface area (TPSA) is 69.9 Å². The summed E-state index contributed by atoms with van der Waals surface area (Å²) in [7, 11) is 5.49. The average Bonchev–Trinajstić information content (AvgIpc) is 2.40. The molecule has 0 atom stereocenters. The molecule has 0 radical (unpaired) electrons. The summed E-state index contributed by atoms with van der Waals surface area (Å²) in [6, 6.07) is 5.25. The molecule has 0 aliphatic carbocycles. The van der Waals surface area contributed by atoms with Gasteiger partial charge in [-0.3, -0.25) is 9.59 Å². The lowest BCUT2D eigenvalue weighted by Crippen LogP contribution is -2.50. The first-order valence-electron chi connectivity index (χ1n) is 6.50. The minimum atomic E-state index is -0.151. The van der Waals surface area contributed by atoms with Crippen LogP contribution in [0, 0.1) is 0 Å². The Morgan fingerprint density at radius 2 is 2.00 bits per heavy atom. The van der Waals surface area contributed by atoms with Crippen LogP contribution >= 0.6 is 0 Å². The second-order valence-electron chi connectivity index (χ2n) is 5.21. The van der Waals surface area contributed by atoms with Gasteiger partial charge in [0.2, 0.25) is 5.91 Å². The highest BCUT2D eigenvalue weighted by Crippen LogP contribution is 2.23. The molecule has 0 spiro atoms. The molecule has 0 bridgehead atoms. The number of benzene rings is 1. The molecule has 1 fully saturated rings. The lowest BCUT2D eigenvalue weighted by atomic mass is 10.1. The molecule has 1 aliphatic heterocycles. The van der Waals surface area contributed by atoms with Crippen LogP contribution in [0.4, 0.5) is 11.4 Å². The number of amides is 2. The number of hydrogen-bond acceptors (Lipinski definition) is 4. The van der Waals surface area contributed by atoms with Crippen molar-refractivity contribution in [2.75, 3.05) is 51.4 Å². The van der Waals surface area contributed by atoms with Crippen LogP contribution in [0.5, 0.6) is 0 Å². The summed E-state index contributed by atoms with van der Waals surface area (Å²) >= 11 is 0. The van der Waals surface area contributed by atoms with Gasteiger partial charge < -0.3 is 20.4 Å². The van der Waals surface area contributed by atoms with Gasteiger partial charge in [-0.05, 0) is 18.2 Å². The number of nitrogens with two attached hydrogens (primary N) is 1. The third-order valence-corrected chi connectivity index (χ3v) is 3.48. The third-order valence-electron chi connectivity index (χ3n) is 3.48. The molecule has 6 nitrogen and oxygen atoms in total. The molecule has 0 aromatic heterocycles. The average molecular weight is 276 g/mol. The van der Waals surface area contributed by atoms with E-state index in [2.05, 4.69) is 0 Å². The van der Waals surface area contributed by atoms with E-state index in [0.717, 1.165) is 5.69 Å². The van der Waals surface area contributed by atoms with Crippen molar-refractivity contribution in [1.82, 2.24) is 9.80 Å². The first kappa shape index (κ1) is 14.2. The zero-order chi connectivity index (χ0) is 14.9. The maximum atomic E-state index is 12.6. The van der Waals surface area contributed by atoms with Crippen molar-refractivity contribution in [3.63, 3.8) is 0 Å². The van der Waals surface area contributed by atoms with Crippen molar-refractivity contribution in [3.05, 3.63) is 23.8 Å². The number of carbonyl (C=O) groups is 2. The molecule has 1 aromatic rings. The maximum absolute atomic E-state index is 12.6. The molecular weight excluding hydrogens is 256 g/mol. The number of rotatable bonds is 2. The molecule has 1 heterocycles. The van der Waals surface area contributed by atoms with E-state index in [1.807, 2.05) is 25.1 Å². The number of carbonyl (C=O) groups excluding carboxylic acids is 2. The van der Waals surface area contributed by atoms with Crippen LogP contribution in [0.25, 0.3) is 0 Å². The molecule has 1 aromatic carbocycles. The van der Waals surface area contributed by atoms with Crippen LogP contribution in [0.1, 0.15) is 10.4 Å². The van der Waals surface area contributed by atoms with E-state index in [4.69, 9.17) is 5.73 Å². The number of hydrogen-bond donors (Lipinski definition) is 1. The minimum Gasteiger partial charge on any atom is -0.399 e. The highest BCUT2D eigenvalue weighted by atomic mass is 16.2. The molecule has 6 heteroatoms. The van der Waals surface area contributed by atoms with Gasteiger partial charge >= 0.3 is 0 Å². The van der Waals surface area contributed by atoms with E-state index < -0.39 is 0 Å². The quantitative estimate of drug-likeness (QED) is 0.786. The van der Waals surface area contributed by atoms with E-state index in [0.29, 0.717) is 24.3 Å². The van der Waals surface area contributed by atoms with Gasteiger partial charge in [-0.2, -0.15) is 0 Å². The van der Waals surface area contributed by atoms with E-state index in [-0.39, 0.29) is 18.4 Å². The highest BCUT2D eigenvalue weighted by molar-refractivity contribution is 6.02. The number of piperazine rings is 1. The minimum absolute atomic E-state index is 0.0418. The van der Waals surface area contributed by atoms with E-state index >= 15 is 0 Å². The van der Waals surface area contributed by atoms with Crippen molar-refractivity contribution >= 4 is 23.2 Å². The van der Waals surface area contributed by atoms with Crippen LogP contribution in [-0.4, -0.2) is 62.4 Å². The van der Waals surface area contributed by atoms with Crippen LogP contribution in [0.3, 0.4) is 0 Å². The number of likely N-dealkylation sites (N-methyl/N-ethyl adjacent to an activating group) is 1. The predicted octanol–water partition coefficient (Wildman–Crippen LogP) is 0.249. The molecule has 2 amide bonds. The van der Waals surface area contributed by atoms with Crippen LogP contribution < -0.4 is 10.6 Å². The number of nitrogen functional groups attached to an aromatic ring is 1. The fourth-order valence-corrected chi connectivity index (χ4v) is 2.22. The second-order valence-corrected chi connectivity index (χ2v) is 5.21. The Balaban J connectivity index is 2.29.